The van der Waals surface area contributed by atoms with Gasteiger partial charge in [0.05, 0.1) is 18.9 Å². The van der Waals surface area contributed by atoms with Crippen LogP contribution in [-0.2, 0) is 15.1 Å². The molecule has 0 aliphatic carbocycles. The van der Waals surface area contributed by atoms with E-state index in [2.05, 4.69) is 10.4 Å². The maximum atomic E-state index is 13.6. The number of nitrogens with one attached hydrogen (secondary N) is 1. The summed E-state index contributed by atoms with van der Waals surface area (Å²) >= 11 is 0. The summed E-state index contributed by atoms with van der Waals surface area (Å²) in [5.41, 5.74) is 3.01. The molecule has 2 heterocycles. The lowest BCUT2D eigenvalue weighted by atomic mass is 9.91. The van der Waals surface area contributed by atoms with E-state index in [9.17, 15) is 14.4 Å². The van der Waals surface area contributed by atoms with Crippen molar-refractivity contribution in [1.82, 2.24) is 15.2 Å². The fourth-order valence-corrected chi connectivity index (χ4v) is 4.76. The lowest BCUT2D eigenvalue weighted by Crippen LogP contribution is -2.43. The minimum atomic E-state index is -1.25. The summed E-state index contributed by atoms with van der Waals surface area (Å²) < 4.78 is 5.27. The second-order valence-electron chi connectivity index (χ2n) is 9.46. The van der Waals surface area contributed by atoms with Crippen LogP contribution in [0.3, 0.4) is 0 Å². The normalized spacial score (nSPS) is 21.2. The van der Waals surface area contributed by atoms with E-state index in [-0.39, 0.29) is 6.04 Å². The van der Waals surface area contributed by atoms with Crippen LogP contribution in [0.25, 0.3) is 0 Å². The molecule has 0 unspecified atom stereocenters. The Hall–Kier alpha value is -4.46. The van der Waals surface area contributed by atoms with Gasteiger partial charge in [-0.05, 0) is 42.7 Å². The van der Waals surface area contributed by atoms with Gasteiger partial charge in [-0.15, -0.1) is 0 Å². The topological polar surface area (TPSA) is 91.3 Å². The molecular formula is C29H28N4O4. The molecular weight excluding hydrogens is 468 g/mol. The fraction of sp³-hybridized carbons (Fsp3) is 0.241. The van der Waals surface area contributed by atoms with Crippen molar-refractivity contribution >= 4 is 23.6 Å². The lowest BCUT2D eigenvalue weighted by molar-refractivity contribution is -0.140. The minimum Gasteiger partial charge on any atom is -0.497 e. The highest BCUT2D eigenvalue weighted by molar-refractivity contribution is 6.09. The second-order valence-corrected chi connectivity index (χ2v) is 9.46. The first-order valence-corrected chi connectivity index (χ1v) is 12.1. The van der Waals surface area contributed by atoms with Crippen LogP contribution in [0.4, 0.5) is 4.79 Å². The van der Waals surface area contributed by atoms with Gasteiger partial charge in [-0.1, -0.05) is 72.3 Å². The van der Waals surface area contributed by atoms with Crippen LogP contribution >= 0.6 is 0 Å². The van der Waals surface area contributed by atoms with Gasteiger partial charge in [0.1, 0.15) is 17.8 Å². The first-order chi connectivity index (χ1) is 17.8. The zero-order valence-electron chi connectivity index (χ0n) is 21.0. The molecule has 3 aromatic carbocycles. The SMILES string of the molecule is COc1ccc([C@H]2CC(c3ccccc3)=NN2C(=O)CN2C(=O)N[C@@](C)(c3ccc(C)cc3)C2=O)cc1. The number of rotatable bonds is 6. The van der Waals surface area contributed by atoms with Crippen LogP contribution in [0.5, 0.6) is 5.75 Å². The molecule has 0 bridgehead atoms. The third-order valence-corrected chi connectivity index (χ3v) is 6.97. The summed E-state index contributed by atoms with van der Waals surface area (Å²) in [7, 11) is 1.60. The minimum absolute atomic E-state index is 0.377. The van der Waals surface area contributed by atoms with Crippen molar-refractivity contribution < 1.29 is 19.1 Å². The molecule has 8 nitrogen and oxygen atoms in total. The number of imide groups is 1. The molecule has 0 aromatic heterocycles. The molecule has 1 saturated heterocycles. The summed E-state index contributed by atoms with van der Waals surface area (Å²) in [4.78, 5) is 40.8. The summed E-state index contributed by atoms with van der Waals surface area (Å²) in [5, 5.41) is 8.82. The van der Waals surface area contributed by atoms with E-state index in [4.69, 9.17) is 4.74 Å². The average molecular weight is 497 g/mol. The van der Waals surface area contributed by atoms with Crippen LogP contribution in [0.2, 0.25) is 0 Å². The first kappa shape index (κ1) is 24.2. The molecule has 188 valence electrons. The van der Waals surface area contributed by atoms with Crippen LogP contribution in [-0.4, -0.2) is 47.1 Å². The van der Waals surface area contributed by atoms with Gasteiger partial charge in [0.25, 0.3) is 11.8 Å². The summed E-state index contributed by atoms with van der Waals surface area (Å²) in [6.07, 6.45) is 0.503. The van der Waals surface area contributed by atoms with Crippen LogP contribution in [0.15, 0.2) is 84.0 Å². The van der Waals surface area contributed by atoms with Gasteiger partial charge in [0, 0.05) is 6.42 Å². The third kappa shape index (κ3) is 4.46. The van der Waals surface area contributed by atoms with Crippen molar-refractivity contribution in [3.63, 3.8) is 0 Å². The fourth-order valence-electron chi connectivity index (χ4n) is 4.76. The number of carbonyl (C=O) groups excluding carboxylic acids is 3. The number of hydrazone groups is 1. The number of urea groups is 1. The van der Waals surface area contributed by atoms with E-state index in [1.165, 1.54) is 5.01 Å². The van der Waals surface area contributed by atoms with Crippen LogP contribution < -0.4 is 10.1 Å². The Balaban J connectivity index is 1.42. The number of aryl methyl sites for hydroxylation is 1. The van der Waals surface area contributed by atoms with E-state index in [1.54, 1.807) is 14.0 Å². The van der Waals surface area contributed by atoms with E-state index >= 15 is 0 Å². The molecule has 3 aromatic rings. The molecule has 2 atom stereocenters. The highest BCUT2D eigenvalue weighted by Gasteiger charge is 2.50. The van der Waals surface area contributed by atoms with E-state index in [1.807, 2.05) is 85.8 Å². The number of ether oxygens (including phenoxy) is 1. The number of amides is 4. The van der Waals surface area contributed by atoms with Crippen molar-refractivity contribution in [2.45, 2.75) is 31.8 Å². The predicted molar refractivity (Wildman–Crippen MR) is 139 cm³/mol. The molecule has 5 rings (SSSR count). The predicted octanol–water partition coefficient (Wildman–Crippen LogP) is 4.15. The molecule has 0 spiro atoms. The van der Waals surface area contributed by atoms with Gasteiger partial charge in [0.15, 0.2) is 0 Å². The van der Waals surface area contributed by atoms with Gasteiger partial charge in [0.2, 0.25) is 0 Å². The molecule has 0 radical (unpaired) electrons. The lowest BCUT2D eigenvalue weighted by Gasteiger charge is -2.25. The highest BCUT2D eigenvalue weighted by Crippen LogP contribution is 2.35. The van der Waals surface area contributed by atoms with E-state index in [0.717, 1.165) is 27.3 Å². The Morgan fingerprint density at radius 3 is 2.35 bits per heavy atom. The Kier molecular flexibility index (Phi) is 6.25. The van der Waals surface area contributed by atoms with Gasteiger partial charge < -0.3 is 10.1 Å². The largest absolute Gasteiger partial charge is 0.497 e. The molecule has 2 aliphatic heterocycles. The molecule has 1 fully saturated rings. The standard InChI is InChI=1S/C29H28N4O4/c1-19-9-13-22(14-10-19)29(2)27(35)32(28(36)30-29)18-26(34)33-25(21-11-15-23(37-3)16-12-21)17-24(31-33)20-7-5-4-6-8-20/h4-16,25H,17-18H2,1-3H3,(H,30,36)/t25-,29+/m1/s1. The van der Waals surface area contributed by atoms with E-state index in [0.29, 0.717) is 17.7 Å². The molecule has 1 N–H and O–H groups in total. The van der Waals surface area contributed by atoms with Crippen molar-refractivity contribution in [3.05, 3.63) is 101 Å². The molecule has 8 heteroatoms. The zero-order chi connectivity index (χ0) is 26.2. The van der Waals surface area contributed by atoms with Gasteiger partial charge in [-0.25, -0.2) is 9.80 Å². The maximum absolute atomic E-state index is 13.6. The Morgan fingerprint density at radius 1 is 1.03 bits per heavy atom. The van der Waals surface area contributed by atoms with Crippen LogP contribution in [0.1, 0.15) is 41.6 Å². The third-order valence-electron chi connectivity index (χ3n) is 6.97. The Morgan fingerprint density at radius 2 is 1.70 bits per heavy atom. The summed E-state index contributed by atoms with van der Waals surface area (Å²) in [6, 6.07) is 23.5. The maximum Gasteiger partial charge on any atom is 0.325 e. The van der Waals surface area contributed by atoms with Gasteiger partial charge in [-0.3, -0.25) is 14.5 Å². The monoisotopic (exact) mass is 496 g/mol. The summed E-state index contributed by atoms with van der Waals surface area (Å²) in [5.74, 6) is -0.205. The van der Waals surface area contributed by atoms with Crippen molar-refractivity contribution in [3.8, 4) is 5.75 Å². The first-order valence-electron chi connectivity index (χ1n) is 12.1. The molecule has 2 aliphatic rings. The van der Waals surface area contributed by atoms with Crippen molar-refractivity contribution in [1.29, 1.82) is 0 Å². The van der Waals surface area contributed by atoms with Crippen molar-refractivity contribution in [2.75, 3.05) is 13.7 Å². The van der Waals surface area contributed by atoms with E-state index < -0.39 is 29.9 Å². The Bertz CT molecular complexity index is 1370. The zero-order valence-corrected chi connectivity index (χ0v) is 21.0. The molecule has 37 heavy (non-hydrogen) atoms. The highest BCUT2D eigenvalue weighted by atomic mass is 16.5. The smallest absolute Gasteiger partial charge is 0.325 e. The summed E-state index contributed by atoms with van der Waals surface area (Å²) in [6.45, 7) is 3.19. The number of nitrogens with zero attached hydrogens (tertiary/aromatic N) is 3. The van der Waals surface area contributed by atoms with Crippen molar-refractivity contribution in [2.24, 2.45) is 5.10 Å². The Labute approximate surface area is 215 Å². The molecule has 0 saturated carbocycles. The number of methoxy groups -OCH3 is 1. The average Bonchev–Trinajstić information content (AvgIpc) is 3.46. The quantitative estimate of drug-likeness (QED) is 0.519. The van der Waals surface area contributed by atoms with Crippen LogP contribution in [0, 0.1) is 6.92 Å². The number of hydrogen-bond donors (Lipinski definition) is 1. The molecule has 4 amide bonds. The number of carbonyl (C=O) groups is 3. The second kappa shape index (κ2) is 9.54. The number of hydrogen-bond acceptors (Lipinski definition) is 5. The van der Waals surface area contributed by atoms with Gasteiger partial charge >= 0.3 is 6.03 Å². The number of benzene rings is 3. The van der Waals surface area contributed by atoms with Gasteiger partial charge in [-0.2, -0.15) is 5.10 Å².